The lowest BCUT2D eigenvalue weighted by molar-refractivity contribution is 0.284. The molecule has 0 radical (unpaired) electrons. The average molecular weight is 215 g/mol. The second-order valence-electron chi connectivity index (χ2n) is 2.29. The first-order valence-electron chi connectivity index (χ1n) is 3.58. The number of hydrogen-bond donors (Lipinski definition) is 0. The molecule has 0 saturated carbocycles. The van der Waals surface area contributed by atoms with E-state index in [9.17, 15) is 0 Å². The smallest absolute Gasteiger partial charge is 0.113 e. The quantitative estimate of drug-likeness (QED) is 0.610. The van der Waals surface area contributed by atoms with Gasteiger partial charge in [-0.15, -0.1) is 0 Å². The molecule has 0 fully saturated rings. The zero-order valence-corrected chi connectivity index (χ0v) is 8.10. The van der Waals surface area contributed by atoms with E-state index in [0.29, 0.717) is 0 Å². The van der Waals surface area contributed by atoms with Crippen molar-refractivity contribution in [2.45, 2.75) is 12.8 Å². The standard InChI is InChI=1S/C9H11BrO/c1-11-9-7-5-3-2-4-6-8(9)10/h3-6H,2,7H2,1H3/b5-3-,6-4-,9-8-. The molecule has 60 valence electrons. The third kappa shape index (κ3) is 2.54. The minimum absolute atomic E-state index is 0.876. The van der Waals surface area contributed by atoms with Gasteiger partial charge in [0, 0.05) is 6.42 Å². The highest BCUT2D eigenvalue weighted by molar-refractivity contribution is 9.11. The Bertz CT molecular complexity index is 214. The Hall–Kier alpha value is -0.500. The van der Waals surface area contributed by atoms with Crippen LogP contribution in [0.2, 0.25) is 0 Å². The Kier molecular flexibility index (Phi) is 3.43. The first-order chi connectivity index (χ1) is 5.34. The molecule has 0 unspecified atom stereocenters. The number of hydrogen-bond acceptors (Lipinski definition) is 1. The highest BCUT2D eigenvalue weighted by atomic mass is 79.9. The van der Waals surface area contributed by atoms with Crippen molar-refractivity contribution in [3.8, 4) is 0 Å². The Balaban J connectivity index is 2.81. The van der Waals surface area contributed by atoms with Gasteiger partial charge in [0.25, 0.3) is 0 Å². The second-order valence-corrected chi connectivity index (χ2v) is 3.14. The summed E-state index contributed by atoms with van der Waals surface area (Å²) < 4.78 is 6.21. The molecule has 0 spiro atoms. The summed E-state index contributed by atoms with van der Waals surface area (Å²) in [6.45, 7) is 0. The van der Waals surface area contributed by atoms with E-state index in [1.807, 2.05) is 6.08 Å². The topological polar surface area (TPSA) is 9.23 Å². The largest absolute Gasteiger partial charge is 0.500 e. The maximum Gasteiger partial charge on any atom is 0.113 e. The van der Waals surface area contributed by atoms with Crippen LogP contribution in [0.25, 0.3) is 0 Å². The van der Waals surface area contributed by atoms with Gasteiger partial charge >= 0.3 is 0 Å². The summed E-state index contributed by atoms with van der Waals surface area (Å²) in [6, 6.07) is 0. The zero-order valence-electron chi connectivity index (χ0n) is 6.51. The number of methoxy groups -OCH3 is 1. The van der Waals surface area contributed by atoms with E-state index < -0.39 is 0 Å². The van der Waals surface area contributed by atoms with Crippen LogP contribution in [0.15, 0.2) is 34.5 Å². The monoisotopic (exact) mass is 214 g/mol. The summed E-state index contributed by atoms with van der Waals surface area (Å²) in [5.74, 6) is 0.984. The maximum atomic E-state index is 5.17. The summed E-state index contributed by atoms with van der Waals surface area (Å²) in [4.78, 5) is 0. The maximum absolute atomic E-state index is 5.17. The lowest BCUT2D eigenvalue weighted by Crippen LogP contribution is -1.88. The van der Waals surface area contributed by atoms with Crippen LogP contribution in [-0.4, -0.2) is 7.11 Å². The third-order valence-corrected chi connectivity index (χ3v) is 2.23. The molecule has 1 rings (SSSR count). The average Bonchev–Trinajstić information content (AvgIpc) is 1.98. The number of allylic oxidation sites excluding steroid dienone is 5. The van der Waals surface area contributed by atoms with Crippen molar-refractivity contribution in [2.24, 2.45) is 0 Å². The van der Waals surface area contributed by atoms with Gasteiger partial charge in [-0.25, -0.2) is 0 Å². The second kappa shape index (κ2) is 4.39. The van der Waals surface area contributed by atoms with Gasteiger partial charge in [0.15, 0.2) is 0 Å². The molecule has 0 atom stereocenters. The molecule has 0 N–H and O–H groups in total. The van der Waals surface area contributed by atoms with E-state index in [2.05, 4.69) is 34.2 Å². The molecule has 0 saturated heterocycles. The summed E-state index contributed by atoms with van der Waals surface area (Å²) in [5.41, 5.74) is 0. The van der Waals surface area contributed by atoms with Crippen LogP contribution in [0.3, 0.4) is 0 Å². The Morgan fingerprint density at radius 2 is 2.18 bits per heavy atom. The summed E-state index contributed by atoms with van der Waals surface area (Å²) in [6.07, 6.45) is 10.3. The van der Waals surface area contributed by atoms with E-state index >= 15 is 0 Å². The SMILES string of the molecule is CO/C1=C(Br)/C=C\C/C=C\C1. The van der Waals surface area contributed by atoms with Crippen molar-refractivity contribution in [3.63, 3.8) is 0 Å². The predicted molar refractivity (Wildman–Crippen MR) is 50.5 cm³/mol. The van der Waals surface area contributed by atoms with Crippen LogP contribution >= 0.6 is 15.9 Å². The Morgan fingerprint density at radius 1 is 1.36 bits per heavy atom. The van der Waals surface area contributed by atoms with Gasteiger partial charge in [0.05, 0.1) is 11.6 Å². The Morgan fingerprint density at radius 3 is 2.91 bits per heavy atom. The van der Waals surface area contributed by atoms with Crippen LogP contribution in [0.5, 0.6) is 0 Å². The van der Waals surface area contributed by atoms with Gasteiger partial charge in [-0.1, -0.05) is 18.2 Å². The van der Waals surface area contributed by atoms with Crippen molar-refractivity contribution in [1.82, 2.24) is 0 Å². The minimum atomic E-state index is 0.876. The summed E-state index contributed by atoms with van der Waals surface area (Å²) in [7, 11) is 1.69. The fourth-order valence-corrected chi connectivity index (χ4v) is 1.42. The molecular formula is C9H11BrO. The minimum Gasteiger partial charge on any atom is -0.500 e. The molecule has 2 heteroatoms. The van der Waals surface area contributed by atoms with Gasteiger partial charge in [-0.2, -0.15) is 0 Å². The van der Waals surface area contributed by atoms with Gasteiger partial charge in [-0.3, -0.25) is 0 Å². The van der Waals surface area contributed by atoms with E-state index in [1.165, 1.54) is 0 Å². The normalized spacial score (nSPS) is 30.4. The van der Waals surface area contributed by atoms with Crippen LogP contribution in [0.4, 0.5) is 0 Å². The van der Waals surface area contributed by atoms with Gasteiger partial charge in [-0.05, 0) is 28.4 Å². The molecule has 1 aliphatic rings. The van der Waals surface area contributed by atoms with Crippen LogP contribution in [0.1, 0.15) is 12.8 Å². The highest BCUT2D eigenvalue weighted by Crippen LogP contribution is 2.19. The predicted octanol–water partition coefficient (Wildman–Crippen LogP) is 3.15. The van der Waals surface area contributed by atoms with E-state index in [0.717, 1.165) is 23.1 Å². The molecular weight excluding hydrogens is 204 g/mol. The molecule has 0 amide bonds. The lowest BCUT2D eigenvalue weighted by atomic mass is 10.2. The molecule has 0 aromatic rings. The number of rotatable bonds is 1. The molecule has 0 aliphatic heterocycles. The van der Waals surface area contributed by atoms with Crippen molar-refractivity contribution < 1.29 is 4.74 Å². The molecule has 0 heterocycles. The van der Waals surface area contributed by atoms with Crippen molar-refractivity contribution >= 4 is 15.9 Å². The highest BCUT2D eigenvalue weighted by Gasteiger charge is 1.99. The van der Waals surface area contributed by atoms with E-state index in [1.54, 1.807) is 7.11 Å². The van der Waals surface area contributed by atoms with Crippen LogP contribution < -0.4 is 0 Å². The number of halogens is 1. The van der Waals surface area contributed by atoms with Crippen molar-refractivity contribution in [3.05, 3.63) is 34.5 Å². The fraction of sp³-hybridized carbons (Fsp3) is 0.333. The lowest BCUT2D eigenvalue weighted by Gasteiger charge is -2.05. The Labute approximate surface area is 75.6 Å². The van der Waals surface area contributed by atoms with Gasteiger partial charge in [0.2, 0.25) is 0 Å². The fourth-order valence-electron chi connectivity index (χ4n) is 0.908. The van der Waals surface area contributed by atoms with Gasteiger partial charge in [0.1, 0.15) is 5.76 Å². The van der Waals surface area contributed by atoms with Crippen LogP contribution in [0, 0.1) is 0 Å². The first kappa shape index (κ1) is 8.60. The molecule has 1 nitrogen and oxygen atoms in total. The zero-order chi connectivity index (χ0) is 8.10. The number of ether oxygens (including phenoxy) is 1. The molecule has 11 heavy (non-hydrogen) atoms. The summed E-state index contributed by atoms with van der Waals surface area (Å²) >= 11 is 3.43. The molecule has 0 aromatic heterocycles. The third-order valence-electron chi connectivity index (χ3n) is 1.52. The van der Waals surface area contributed by atoms with Crippen LogP contribution in [-0.2, 0) is 4.74 Å². The summed E-state index contributed by atoms with van der Waals surface area (Å²) in [5, 5.41) is 0. The van der Waals surface area contributed by atoms with Crippen molar-refractivity contribution in [1.29, 1.82) is 0 Å². The van der Waals surface area contributed by atoms with E-state index in [-0.39, 0.29) is 0 Å². The molecule has 0 bridgehead atoms. The van der Waals surface area contributed by atoms with Crippen molar-refractivity contribution in [2.75, 3.05) is 7.11 Å². The molecule has 1 aliphatic carbocycles. The molecule has 0 aromatic carbocycles. The first-order valence-corrected chi connectivity index (χ1v) is 4.38. The van der Waals surface area contributed by atoms with E-state index in [4.69, 9.17) is 4.74 Å². The van der Waals surface area contributed by atoms with Gasteiger partial charge < -0.3 is 4.74 Å².